The van der Waals surface area contributed by atoms with Gasteiger partial charge in [0, 0.05) is 39.4 Å². The molecule has 0 aromatic carbocycles. The average molecular weight is 370 g/mol. The summed E-state index contributed by atoms with van der Waals surface area (Å²) in [6, 6.07) is 7.50. The molecule has 27 heavy (non-hydrogen) atoms. The molecule has 4 rings (SSSR count). The number of methoxy groups -OCH3 is 1. The van der Waals surface area contributed by atoms with Crippen molar-refractivity contribution in [1.29, 1.82) is 0 Å². The van der Waals surface area contributed by atoms with Crippen molar-refractivity contribution in [2.45, 2.75) is 50.4 Å². The van der Waals surface area contributed by atoms with Gasteiger partial charge < -0.3 is 14.4 Å². The van der Waals surface area contributed by atoms with E-state index in [1.807, 2.05) is 43.1 Å². The zero-order valence-corrected chi connectivity index (χ0v) is 16.1. The van der Waals surface area contributed by atoms with Crippen LogP contribution >= 0.6 is 0 Å². The first-order valence-corrected chi connectivity index (χ1v) is 9.47. The summed E-state index contributed by atoms with van der Waals surface area (Å²) in [5.41, 5.74) is 1.18. The van der Waals surface area contributed by atoms with Gasteiger partial charge in [-0.15, -0.1) is 0 Å². The zero-order valence-electron chi connectivity index (χ0n) is 16.1. The van der Waals surface area contributed by atoms with E-state index in [1.165, 1.54) is 0 Å². The van der Waals surface area contributed by atoms with Gasteiger partial charge in [0.25, 0.3) is 5.91 Å². The van der Waals surface area contributed by atoms with Crippen LogP contribution in [0.25, 0.3) is 0 Å². The number of ether oxygens (including phenoxy) is 2. The van der Waals surface area contributed by atoms with E-state index in [1.54, 1.807) is 18.0 Å². The second-order valence-corrected chi connectivity index (χ2v) is 7.51. The maximum Gasteiger partial charge on any atom is 0.272 e. The van der Waals surface area contributed by atoms with E-state index in [0.29, 0.717) is 18.1 Å². The molecule has 2 aromatic rings. The number of likely N-dealkylation sites (tertiary alicyclic amines) is 1. The van der Waals surface area contributed by atoms with Crippen LogP contribution in [-0.4, -0.2) is 57.0 Å². The number of carbonyl (C=O) groups excluding carboxylic acids is 1. The van der Waals surface area contributed by atoms with Crippen molar-refractivity contribution in [3.8, 4) is 5.88 Å². The lowest BCUT2D eigenvalue weighted by molar-refractivity contribution is -0.0789. The Bertz CT molecular complexity index is 822. The minimum absolute atomic E-state index is 0.00679. The Kier molecular flexibility index (Phi) is 4.63. The maximum atomic E-state index is 13.2. The molecule has 7 nitrogen and oxygen atoms in total. The molecule has 2 aromatic heterocycles. The van der Waals surface area contributed by atoms with Crippen LogP contribution in [0, 0.1) is 6.92 Å². The van der Waals surface area contributed by atoms with Gasteiger partial charge in [-0.25, -0.2) is 4.98 Å². The second-order valence-electron chi connectivity index (χ2n) is 7.51. The number of hydrogen-bond acceptors (Lipinski definition) is 5. The van der Waals surface area contributed by atoms with Crippen LogP contribution in [0.3, 0.4) is 0 Å². The molecule has 0 spiro atoms. The first kappa shape index (κ1) is 18.0. The van der Waals surface area contributed by atoms with Crippen LogP contribution in [0.5, 0.6) is 5.88 Å². The summed E-state index contributed by atoms with van der Waals surface area (Å²) in [4.78, 5) is 19.4. The Morgan fingerprint density at radius 1 is 1.33 bits per heavy atom. The molecule has 1 saturated heterocycles. The average Bonchev–Trinajstić information content (AvgIpc) is 3.22. The van der Waals surface area contributed by atoms with Gasteiger partial charge in [-0.3, -0.25) is 9.48 Å². The number of fused-ring (bicyclic) bond motifs is 1. The second kappa shape index (κ2) is 6.96. The lowest BCUT2D eigenvalue weighted by Crippen LogP contribution is -2.53. The van der Waals surface area contributed by atoms with Crippen LogP contribution in [-0.2, 0) is 11.8 Å². The number of nitrogens with zero attached hydrogens (tertiary/aromatic N) is 4. The third-order valence-electron chi connectivity index (χ3n) is 5.95. The summed E-state index contributed by atoms with van der Waals surface area (Å²) in [5.74, 6) is 0.645. The fourth-order valence-corrected chi connectivity index (χ4v) is 4.56. The van der Waals surface area contributed by atoms with Crippen molar-refractivity contribution in [3.63, 3.8) is 0 Å². The molecule has 1 aliphatic carbocycles. The molecule has 2 aliphatic rings. The predicted octanol–water partition coefficient (Wildman–Crippen LogP) is 2.35. The van der Waals surface area contributed by atoms with Gasteiger partial charge in [0.05, 0.1) is 17.3 Å². The number of hydrogen-bond donors (Lipinski definition) is 0. The Balaban J connectivity index is 1.56. The van der Waals surface area contributed by atoms with E-state index in [2.05, 4.69) is 10.1 Å². The first-order valence-electron chi connectivity index (χ1n) is 9.47. The Morgan fingerprint density at radius 2 is 2.19 bits per heavy atom. The lowest BCUT2D eigenvalue weighted by Gasteiger charge is -2.43. The summed E-state index contributed by atoms with van der Waals surface area (Å²) in [5, 5.41) is 4.32. The molecular weight excluding hydrogens is 344 g/mol. The summed E-state index contributed by atoms with van der Waals surface area (Å²) in [6.07, 6.45) is 5.12. The first-order chi connectivity index (χ1) is 13.0. The number of pyridine rings is 1. The van der Waals surface area contributed by atoms with Crippen molar-refractivity contribution >= 4 is 5.91 Å². The van der Waals surface area contributed by atoms with Crippen molar-refractivity contribution in [3.05, 3.63) is 41.9 Å². The molecule has 0 bridgehead atoms. The fraction of sp³-hybridized carbons (Fsp3) is 0.550. The van der Waals surface area contributed by atoms with E-state index >= 15 is 0 Å². The Hall–Kier alpha value is -2.41. The van der Waals surface area contributed by atoms with Crippen LogP contribution in [0.1, 0.15) is 41.9 Å². The van der Waals surface area contributed by atoms with Gasteiger partial charge in [0.1, 0.15) is 11.8 Å². The number of rotatable bonds is 4. The van der Waals surface area contributed by atoms with Crippen LogP contribution in [0.4, 0.5) is 0 Å². The highest BCUT2D eigenvalue weighted by atomic mass is 16.5. The Morgan fingerprint density at radius 3 is 2.85 bits per heavy atom. The Labute approximate surface area is 159 Å². The van der Waals surface area contributed by atoms with Gasteiger partial charge in [0.2, 0.25) is 5.88 Å². The normalized spacial score (nSPS) is 27.4. The summed E-state index contributed by atoms with van der Waals surface area (Å²) < 4.78 is 13.7. The number of carbonyl (C=O) groups is 1. The topological polar surface area (TPSA) is 69.5 Å². The van der Waals surface area contributed by atoms with Crippen molar-refractivity contribution in [1.82, 2.24) is 19.7 Å². The van der Waals surface area contributed by atoms with Crippen LogP contribution in [0.15, 0.2) is 30.5 Å². The SMILES string of the molecule is CO[C@@]12CC[C@@H](Oc3ccccn3)C[C@@H]1N(C(=O)c1cc(C)nn1C)CC2. The summed E-state index contributed by atoms with van der Waals surface area (Å²) in [7, 11) is 3.57. The van der Waals surface area contributed by atoms with Crippen molar-refractivity contribution in [2.75, 3.05) is 13.7 Å². The number of amides is 1. The fourth-order valence-electron chi connectivity index (χ4n) is 4.56. The largest absolute Gasteiger partial charge is 0.474 e. The van der Waals surface area contributed by atoms with Crippen molar-refractivity contribution in [2.24, 2.45) is 7.05 Å². The standard InChI is InChI=1S/C20H26N4O3/c1-14-12-16(23(2)22-14)19(25)24-11-9-20(26-3)8-7-15(13-17(20)24)27-18-6-4-5-10-21-18/h4-6,10,12,15,17H,7-9,11,13H2,1-3H3/t15-,17+,20-/m1/s1. The van der Waals surface area contributed by atoms with Crippen LogP contribution < -0.4 is 4.74 Å². The highest BCUT2D eigenvalue weighted by molar-refractivity contribution is 5.93. The molecule has 144 valence electrons. The molecule has 1 amide bonds. The molecule has 3 atom stereocenters. The molecule has 7 heteroatoms. The van der Waals surface area contributed by atoms with Gasteiger partial charge in [-0.05, 0) is 38.3 Å². The third kappa shape index (κ3) is 3.20. The zero-order chi connectivity index (χ0) is 19.0. The lowest BCUT2D eigenvalue weighted by atomic mass is 9.79. The molecule has 0 N–H and O–H groups in total. The highest BCUT2D eigenvalue weighted by Gasteiger charge is 2.53. The number of aryl methyl sites for hydroxylation is 2. The molecule has 0 radical (unpaired) electrons. The van der Waals surface area contributed by atoms with Crippen LogP contribution in [0.2, 0.25) is 0 Å². The van der Waals surface area contributed by atoms with Gasteiger partial charge >= 0.3 is 0 Å². The monoisotopic (exact) mass is 370 g/mol. The molecule has 1 aliphatic heterocycles. The smallest absolute Gasteiger partial charge is 0.272 e. The molecule has 1 saturated carbocycles. The highest BCUT2D eigenvalue weighted by Crippen LogP contribution is 2.43. The third-order valence-corrected chi connectivity index (χ3v) is 5.95. The van der Waals surface area contributed by atoms with Gasteiger partial charge in [-0.1, -0.05) is 6.07 Å². The molecular formula is C20H26N4O3. The van der Waals surface area contributed by atoms with Gasteiger partial charge in [0.15, 0.2) is 0 Å². The minimum Gasteiger partial charge on any atom is -0.474 e. The molecule has 2 fully saturated rings. The van der Waals surface area contributed by atoms with E-state index < -0.39 is 0 Å². The van der Waals surface area contributed by atoms with E-state index in [9.17, 15) is 4.79 Å². The number of aromatic nitrogens is 3. The summed E-state index contributed by atoms with van der Waals surface area (Å²) in [6.45, 7) is 2.59. The van der Waals surface area contributed by atoms with Gasteiger partial charge in [-0.2, -0.15) is 5.10 Å². The van der Waals surface area contributed by atoms with Crippen molar-refractivity contribution < 1.29 is 14.3 Å². The van der Waals surface area contributed by atoms with E-state index in [-0.39, 0.29) is 23.7 Å². The molecule has 3 heterocycles. The summed E-state index contributed by atoms with van der Waals surface area (Å²) >= 11 is 0. The maximum absolute atomic E-state index is 13.2. The van der Waals surface area contributed by atoms with E-state index in [0.717, 1.165) is 31.4 Å². The quantitative estimate of drug-likeness (QED) is 0.826. The predicted molar refractivity (Wildman–Crippen MR) is 99.6 cm³/mol. The molecule has 0 unspecified atom stereocenters. The minimum atomic E-state index is -0.284. The van der Waals surface area contributed by atoms with E-state index in [4.69, 9.17) is 9.47 Å².